The van der Waals surface area contributed by atoms with Crippen molar-refractivity contribution >= 4 is 28.9 Å². The molecule has 1 fully saturated rings. The lowest BCUT2D eigenvalue weighted by molar-refractivity contribution is -0.192. The number of carbonyl (C=O) groups is 2. The highest BCUT2D eigenvalue weighted by molar-refractivity contribution is 5.78. The SMILES string of the molecule is CCOC(=O)Cn1ncc2nc(N3CCNCC3)n(Cc3ccccc3)c2c1=O.O=C(O)C(F)(F)F. The van der Waals surface area contributed by atoms with E-state index in [9.17, 15) is 22.8 Å². The molecule has 1 saturated heterocycles. The van der Waals surface area contributed by atoms with Crippen LogP contribution in [-0.2, 0) is 27.4 Å². The molecule has 36 heavy (non-hydrogen) atoms. The van der Waals surface area contributed by atoms with Crippen molar-refractivity contribution in [3.63, 3.8) is 0 Å². The Labute approximate surface area is 203 Å². The first-order chi connectivity index (χ1) is 17.1. The number of ether oxygens (including phenoxy) is 1. The van der Waals surface area contributed by atoms with Gasteiger partial charge in [0.15, 0.2) is 0 Å². The minimum absolute atomic E-state index is 0.220. The van der Waals surface area contributed by atoms with Crippen molar-refractivity contribution in [2.75, 3.05) is 37.7 Å². The second-order valence-electron chi connectivity index (χ2n) is 7.67. The number of nitrogens with one attached hydrogen (secondary N) is 1. The van der Waals surface area contributed by atoms with Crippen LogP contribution in [0.3, 0.4) is 0 Å². The van der Waals surface area contributed by atoms with Crippen molar-refractivity contribution in [1.29, 1.82) is 0 Å². The Morgan fingerprint density at radius 3 is 2.39 bits per heavy atom. The van der Waals surface area contributed by atoms with Crippen molar-refractivity contribution in [1.82, 2.24) is 24.6 Å². The fourth-order valence-corrected chi connectivity index (χ4v) is 3.54. The fraction of sp³-hybridized carbons (Fsp3) is 0.409. The van der Waals surface area contributed by atoms with Gasteiger partial charge in [-0.15, -0.1) is 0 Å². The molecule has 2 aromatic heterocycles. The van der Waals surface area contributed by atoms with Crippen LogP contribution in [-0.4, -0.2) is 75.3 Å². The number of rotatable bonds is 6. The van der Waals surface area contributed by atoms with Crippen LogP contribution >= 0.6 is 0 Å². The molecule has 14 heteroatoms. The molecule has 3 aromatic rings. The van der Waals surface area contributed by atoms with Crippen LogP contribution < -0.4 is 15.8 Å². The first kappa shape index (κ1) is 26.7. The molecule has 0 amide bonds. The second-order valence-corrected chi connectivity index (χ2v) is 7.67. The number of benzene rings is 1. The summed E-state index contributed by atoms with van der Waals surface area (Å²) < 4.78 is 39.8. The highest BCUT2D eigenvalue weighted by atomic mass is 19.4. The lowest BCUT2D eigenvalue weighted by atomic mass is 10.2. The number of aliphatic carboxylic acids is 1. The largest absolute Gasteiger partial charge is 0.490 e. The van der Waals surface area contributed by atoms with Crippen LogP contribution in [0.1, 0.15) is 12.5 Å². The lowest BCUT2D eigenvalue weighted by Crippen LogP contribution is -2.44. The number of halogens is 3. The molecule has 0 bridgehead atoms. The standard InChI is InChI=1S/C20H24N6O3.C2HF3O2/c1-2-29-17(27)14-26-19(28)18-16(12-22-26)23-20(24-10-8-21-9-11-24)25(18)13-15-6-4-3-5-7-15;3-2(4,5)1(6)7/h3-7,12,21H,2,8-11,13-14H2,1H3;(H,6,7). The molecule has 2 N–H and O–H groups in total. The molecule has 1 aliphatic heterocycles. The van der Waals surface area contributed by atoms with Gasteiger partial charge in [0.05, 0.1) is 19.3 Å². The molecule has 0 aliphatic carbocycles. The molecule has 0 radical (unpaired) electrons. The van der Waals surface area contributed by atoms with Crippen molar-refractivity contribution in [3.8, 4) is 0 Å². The molecule has 3 heterocycles. The predicted octanol–water partition coefficient (Wildman–Crippen LogP) is 1.25. The summed E-state index contributed by atoms with van der Waals surface area (Å²) in [5.41, 5.74) is 1.69. The topological polar surface area (TPSA) is 132 Å². The summed E-state index contributed by atoms with van der Waals surface area (Å²) in [5.74, 6) is -2.50. The summed E-state index contributed by atoms with van der Waals surface area (Å²) in [6, 6.07) is 9.94. The highest BCUT2D eigenvalue weighted by Gasteiger charge is 2.38. The van der Waals surface area contributed by atoms with Crippen LogP contribution in [0.4, 0.5) is 19.1 Å². The van der Waals surface area contributed by atoms with Gasteiger partial charge >= 0.3 is 18.1 Å². The molecule has 194 valence electrons. The van der Waals surface area contributed by atoms with Crippen molar-refractivity contribution in [2.45, 2.75) is 26.2 Å². The minimum atomic E-state index is -5.08. The number of carboxylic acids is 1. The second kappa shape index (κ2) is 11.7. The predicted molar refractivity (Wildman–Crippen MR) is 123 cm³/mol. The number of nitrogens with zero attached hydrogens (tertiary/aromatic N) is 5. The number of hydrogen-bond acceptors (Lipinski definition) is 8. The van der Waals surface area contributed by atoms with Gasteiger partial charge in [-0.1, -0.05) is 30.3 Å². The zero-order chi connectivity index (χ0) is 26.3. The van der Waals surface area contributed by atoms with Crippen LogP contribution in [0.15, 0.2) is 41.3 Å². The quantitative estimate of drug-likeness (QED) is 0.470. The van der Waals surface area contributed by atoms with E-state index in [1.54, 1.807) is 13.1 Å². The number of aromatic nitrogens is 4. The van der Waals surface area contributed by atoms with E-state index in [1.807, 2.05) is 34.9 Å². The molecule has 0 spiro atoms. The molecule has 0 saturated carbocycles. The third-order valence-electron chi connectivity index (χ3n) is 5.14. The number of fused-ring (bicyclic) bond motifs is 1. The first-order valence-corrected chi connectivity index (χ1v) is 11.0. The highest BCUT2D eigenvalue weighted by Crippen LogP contribution is 2.22. The molecule has 1 aromatic carbocycles. The van der Waals surface area contributed by atoms with E-state index >= 15 is 0 Å². The number of esters is 1. The summed E-state index contributed by atoms with van der Waals surface area (Å²) >= 11 is 0. The minimum Gasteiger partial charge on any atom is -0.475 e. The number of carboxylic acid groups (broad SMARTS) is 1. The zero-order valence-corrected chi connectivity index (χ0v) is 19.4. The van der Waals surface area contributed by atoms with Crippen LogP contribution in [0.25, 0.3) is 11.0 Å². The summed E-state index contributed by atoms with van der Waals surface area (Å²) in [6.45, 7) is 5.61. The van der Waals surface area contributed by atoms with Gasteiger partial charge in [0.1, 0.15) is 17.6 Å². The summed E-state index contributed by atoms with van der Waals surface area (Å²) in [4.78, 5) is 40.8. The lowest BCUT2D eigenvalue weighted by Gasteiger charge is -2.28. The molecular weight excluding hydrogens is 485 g/mol. The van der Waals surface area contributed by atoms with Gasteiger partial charge in [-0.05, 0) is 12.5 Å². The Morgan fingerprint density at radius 2 is 1.81 bits per heavy atom. The Kier molecular flexibility index (Phi) is 8.64. The molecule has 4 rings (SSSR count). The maximum atomic E-state index is 13.2. The van der Waals surface area contributed by atoms with Gasteiger partial charge in [0.2, 0.25) is 5.95 Å². The van der Waals surface area contributed by atoms with E-state index in [2.05, 4.69) is 15.3 Å². The summed E-state index contributed by atoms with van der Waals surface area (Å²) in [5, 5.41) is 14.6. The third kappa shape index (κ3) is 6.59. The molecular formula is C22H25F3N6O5. The van der Waals surface area contributed by atoms with Crippen molar-refractivity contribution in [3.05, 3.63) is 52.4 Å². The van der Waals surface area contributed by atoms with Gasteiger partial charge in [-0.25, -0.2) is 14.5 Å². The number of anilines is 1. The Hall–Kier alpha value is -3.94. The van der Waals surface area contributed by atoms with Crippen molar-refractivity contribution < 1.29 is 32.6 Å². The van der Waals surface area contributed by atoms with Crippen LogP contribution in [0.5, 0.6) is 0 Å². The number of alkyl halides is 3. The Morgan fingerprint density at radius 1 is 1.17 bits per heavy atom. The van der Waals surface area contributed by atoms with E-state index in [0.29, 0.717) is 17.6 Å². The van der Waals surface area contributed by atoms with Gasteiger partial charge < -0.3 is 24.6 Å². The number of hydrogen-bond donors (Lipinski definition) is 2. The van der Waals surface area contributed by atoms with Crippen molar-refractivity contribution in [2.24, 2.45) is 0 Å². The smallest absolute Gasteiger partial charge is 0.475 e. The maximum Gasteiger partial charge on any atom is 0.490 e. The maximum absolute atomic E-state index is 13.2. The van der Waals surface area contributed by atoms with Crippen LogP contribution in [0.2, 0.25) is 0 Å². The fourth-order valence-electron chi connectivity index (χ4n) is 3.54. The van der Waals surface area contributed by atoms with Crippen LogP contribution in [0, 0.1) is 0 Å². The molecule has 11 nitrogen and oxygen atoms in total. The molecule has 0 unspecified atom stereocenters. The van der Waals surface area contributed by atoms with Gasteiger partial charge in [0, 0.05) is 26.2 Å². The van der Waals surface area contributed by atoms with E-state index < -0.39 is 18.1 Å². The Balaban J connectivity index is 0.000000454. The van der Waals surface area contributed by atoms with Gasteiger partial charge in [-0.3, -0.25) is 9.59 Å². The third-order valence-corrected chi connectivity index (χ3v) is 5.14. The van der Waals surface area contributed by atoms with E-state index in [-0.39, 0.29) is 18.7 Å². The van der Waals surface area contributed by atoms with E-state index in [1.165, 1.54) is 0 Å². The van der Waals surface area contributed by atoms with E-state index in [4.69, 9.17) is 19.6 Å². The monoisotopic (exact) mass is 510 g/mol. The summed E-state index contributed by atoms with van der Waals surface area (Å²) in [6.07, 6.45) is -3.54. The average Bonchev–Trinajstić information content (AvgIpc) is 3.21. The number of imidazole rings is 1. The van der Waals surface area contributed by atoms with Gasteiger partial charge in [-0.2, -0.15) is 18.3 Å². The average molecular weight is 510 g/mol. The summed E-state index contributed by atoms with van der Waals surface area (Å²) in [7, 11) is 0. The molecule has 0 atom stereocenters. The van der Waals surface area contributed by atoms with Gasteiger partial charge in [0.25, 0.3) is 5.56 Å². The normalized spacial score (nSPS) is 13.7. The first-order valence-electron chi connectivity index (χ1n) is 11.0. The zero-order valence-electron chi connectivity index (χ0n) is 19.4. The Bertz CT molecular complexity index is 1250. The van der Waals surface area contributed by atoms with E-state index in [0.717, 1.165) is 42.4 Å². The molecule has 1 aliphatic rings. The number of piperazine rings is 1. The number of carbonyl (C=O) groups excluding carboxylic acids is 1.